The van der Waals surface area contributed by atoms with Crippen LogP contribution in [0, 0.1) is 0 Å². The van der Waals surface area contributed by atoms with Crippen molar-refractivity contribution in [3.63, 3.8) is 0 Å². The number of H-pyrrole nitrogens is 2. The van der Waals surface area contributed by atoms with Gasteiger partial charge in [0.15, 0.2) is 0 Å². The van der Waals surface area contributed by atoms with E-state index in [0.717, 1.165) is 44.2 Å². The minimum atomic E-state index is 0.461. The van der Waals surface area contributed by atoms with Crippen LogP contribution in [-0.2, 0) is 6.42 Å². The number of nitrogens with zero attached hydrogens (tertiary/aromatic N) is 3. The van der Waals surface area contributed by atoms with E-state index in [1.807, 2.05) is 42.6 Å². The monoisotopic (exact) mass is 421 g/mol. The first kappa shape index (κ1) is 18.4. The number of aromatic nitrogens is 5. The molecule has 0 atom stereocenters. The molecule has 0 radical (unpaired) electrons. The Morgan fingerprint density at radius 3 is 2.72 bits per heavy atom. The van der Waals surface area contributed by atoms with Crippen LogP contribution < -0.4 is 4.74 Å². The highest BCUT2D eigenvalue weighted by molar-refractivity contribution is 6.01. The lowest BCUT2D eigenvalue weighted by molar-refractivity contribution is 0.307. The van der Waals surface area contributed by atoms with E-state index in [2.05, 4.69) is 55.7 Å². The molecule has 0 bridgehead atoms. The highest BCUT2D eigenvalue weighted by Gasteiger charge is 2.16. The minimum Gasteiger partial charge on any atom is -0.493 e. The molecule has 7 nitrogen and oxygen atoms in total. The van der Waals surface area contributed by atoms with E-state index in [0.29, 0.717) is 24.8 Å². The van der Waals surface area contributed by atoms with Crippen LogP contribution in [0.25, 0.3) is 44.4 Å². The lowest BCUT2D eigenvalue weighted by Crippen LogP contribution is -2.01. The maximum absolute atomic E-state index is 6.00. The van der Waals surface area contributed by atoms with Gasteiger partial charge in [-0.25, -0.2) is 0 Å². The molecule has 6 aromatic rings. The topological polar surface area (TPSA) is 92.6 Å². The predicted molar refractivity (Wildman–Crippen MR) is 122 cm³/mol. The summed E-state index contributed by atoms with van der Waals surface area (Å²) in [5.74, 6) is 1.82. The fourth-order valence-corrected chi connectivity index (χ4v) is 3.96. The third-order valence-electron chi connectivity index (χ3n) is 5.49. The van der Waals surface area contributed by atoms with Crippen LogP contribution in [-0.4, -0.2) is 32.0 Å². The molecular weight excluding hydrogens is 402 g/mol. The van der Waals surface area contributed by atoms with Crippen LogP contribution in [0.3, 0.4) is 0 Å². The van der Waals surface area contributed by atoms with E-state index in [-0.39, 0.29) is 0 Å². The minimum absolute atomic E-state index is 0.461. The van der Waals surface area contributed by atoms with Crippen molar-refractivity contribution < 1.29 is 9.15 Å². The van der Waals surface area contributed by atoms with Crippen molar-refractivity contribution >= 4 is 21.8 Å². The molecule has 3 aromatic carbocycles. The number of benzene rings is 3. The zero-order valence-corrected chi connectivity index (χ0v) is 17.1. The molecule has 0 aliphatic carbocycles. The molecule has 0 aliphatic rings. The fourth-order valence-electron chi connectivity index (χ4n) is 3.96. The van der Waals surface area contributed by atoms with Gasteiger partial charge in [-0.3, -0.25) is 5.10 Å². The van der Waals surface area contributed by atoms with Gasteiger partial charge < -0.3 is 14.1 Å². The number of nitrogens with one attached hydrogen (secondary N) is 2. The summed E-state index contributed by atoms with van der Waals surface area (Å²) in [4.78, 5) is 3.27. The van der Waals surface area contributed by atoms with Crippen molar-refractivity contribution in [1.82, 2.24) is 25.4 Å². The van der Waals surface area contributed by atoms with Gasteiger partial charge >= 0.3 is 0 Å². The lowest BCUT2D eigenvalue weighted by atomic mass is 9.98. The second-order valence-corrected chi connectivity index (χ2v) is 7.51. The van der Waals surface area contributed by atoms with Gasteiger partial charge in [0.1, 0.15) is 5.75 Å². The van der Waals surface area contributed by atoms with Gasteiger partial charge in [-0.15, -0.1) is 10.2 Å². The average molecular weight is 421 g/mol. The van der Waals surface area contributed by atoms with Crippen molar-refractivity contribution in [1.29, 1.82) is 0 Å². The molecule has 0 spiro atoms. The number of para-hydroxylation sites is 1. The molecule has 0 fully saturated rings. The van der Waals surface area contributed by atoms with Gasteiger partial charge in [-0.05, 0) is 47.5 Å². The summed E-state index contributed by atoms with van der Waals surface area (Å²) < 4.78 is 11.7. The molecule has 0 aliphatic heterocycles. The lowest BCUT2D eigenvalue weighted by Gasteiger charge is -2.07. The summed E-state index contributed by atoms with van der Waals surface area (Å²) in [6, 6.07) is 22.2. The maximum atomic E-state index is 6.00. The molecule has 3 heterocycles. The highest BCUT2D eigenvalue weighted by Crippen LogP contribution is 2.35. The fraction of sp³-hybridized carbons (Fsp3) is 0.0800. The highest BCUT2D eigenvalue weighted by atomic mass is 16.5. The molecule has 2 N–H and O–H groups in total. The average Bonchev–Trinajstić information content (AvgIpc) is 3.59. The van der Waals surface area contributed by atoms with Crippen molar-refractivity contribution in [2.75, 3.05) is 6.61 Å². The van der Waals surface area contributed by atoms with Gasteiger partial charge in [0.2, 0.25) is 11.8 Å². The molecule has 0 amide bonds. The first-order valence-corrected chi connectivity index (χ1v) is 10.4. The van der Waals surface area contributed by atoms with Crippen LogP contribution in [0.5, 0.6) is 5.75 Å². The molecule has 3 aromatic heterocycles. The first-order chi connectivity index (χ1) is 15.8. The smallest absolute Gasteiger partial charge is 0.248 e. The molecule has 0 saturated heterocycles. The largest absolute Gasteiger partial charge is 0.493 e. The Hall–Kier alpha value is -4.39. The summed E-state index contributed by atoms with van der Waals surface area (Å²) >= 11 is 0. The van der Waals surface area contributed by atoms with Gasteiger partial charge in [-0.2, -0.15) is 5.10 Å². The third-order valence-corrected chi connectivity index (χ3v) is 5.49. The van der Waals surface area contributed by atoms with Crippen molar-refractivity contribution in [3.8, 4) is 28.3 Å². The molecular formula is C25H19N5O2. The molecule has 0 saturated carbocycles. The molecule has 7 heteroatoms. The van der Waals surface area contributed by atoms with Crippen LogP contribution in [0.2, 0.25) is 0 Å². The van der Waals surface area contributed by atoms with E-state index in [1.165, 1.54) is 0 Å². The Kier molecular flexibility index (Phi) is 4.42. The summed E-state index contributed by atoms with van der Waals surface area (Å²) in [6.45, 7) is 0.461. The van der Waals surface area contributed by atoms with E-state index in [1.54, 1.807) is 6.20 Å². The Labute approximate surface area is 183 Å². The summed E-state index contributed by atoms with van der Waals surface area (Å²) in [5.41, 5.74) is 5.03. The molecule has 0 unspecified atom stereocenters. The van der Waals surface area contributed by atoms with Gasteiger partial charge in [0, 0.05) is 22.5 Å². The number of aromatic amines is 2. The van der Waals surface area contributed by atoms with Crippen LogP contribution in [0.4, 0.5) is 0 Å². The maximum Gasteiger partial charge on any atom is 0.248 e. The van der Waals surface area contributed by atoms with Gasteiger partial charge in [-0.1, -0.05) is 30.3 Å². The van der Waals surface area contributed by atoms with Crippen LogP contribution in [0.1, 0.15) is 5.89 Å². The number of fused-ring (bicyclic) bond motifs is 2. The predicted octanol–water partition coefficient (Wildman–Crippen LogP) is 5.38. The molecule has 6 rings (SSSR count). The van der Waals surface area contributed by atoms with Gasteiger partial charge in [0.25, 0.3) is 0 Å². The Morgan fingerprint density at radius 2 is 1.78 bits per heavy atom. The SMILES string of the molecule is c1ccc(OCCc2nnc(-c3cc(-c4cccc5[nH]ccc45)cc4[nH]ncc34)o2)cc1. The van der Waals surface area contributed by atoms with Crippen molar-refractivity contribution in [2.24, 2.45) is 0 Å². The zero-order chi connectivity index (χ0) is 21.3. The van der Waals surface area contributed by atoms with E-state index >= 15 is 0 Å². The molecule has 32 heavy (non-hydrogen) atoms. The quantitative estimate of drug-likeness (QED) is 0.376. The van der Waals surface area contributed by atoms with Crippen LogP contribution in [0.15, 0.2) is 83.5 Å². The van der Waals surface area contributed by atoms with Crippen molar-refractivity contribution in [2.45, 2.75) is 6.42 Å². The number of hydrogen-bond acceptors (Lipinski definition) is 5. The zero-order valence-electron chi connectivity index (χ0n) is 17.1. The standard InChI is InChI=1S/C25H19N5O2/c1-2-5-17(6-3-1)31-12-10-24-29-30-25(32-24)20-13-16(14-23-21(20)15-27-28-23)18-7-4-8-22-19(18)9-11-26-22/h1-9,11,13-15,26H,10,12H2,(H,27,28). The number of ether oxygens (including phenoxy) is 1. The summed E-state index contributed by atoms with van der Waals surface area (Å²) in [5, 5.41) is 17.9. The van der Waals surface area contributed by atoms with E-state index < -0.39 is 0 Å². The van der Waals surface area contributed by atoms with Crippen LogP contribution >= 0.6 is 0 Å². The Bertz CT molecular complexity index is 1510. The summed E-state index contributed by atoms with van der Waals surface area (Å²) in [6.07, 6.45) is 4.26. The van der Waals surface area contributed by atoms with E-state index in [9.17, 15) is 0 Å². The third kappa shape index (κ3) is 3.30. The first-order valence-electron chi connectivity index (χ1n) is 10.4. The normalized spacial score (nSPS) is 11.4. The van der Waals surface area contributed by atoms with Crippen molar-refractivity contribution in [3.05, 3.63) is 85.0 Å². The second kappa shape index (κ2) is 7.70. The number of hydrogen-bond donors (Lipinski definition) is 2. The second-order valence-electron chi connectivity index (χ2n) is 7.51. The van der Waals surface area contributed by atoms with Gasteiger partial charge in [0.05, 0.1) is 30.3 Å². The number of rotatable bonds is 6. The molecule has 156 valence electrons. The Morgan fingerprint density at radius 1 is 0.844 bits per heavy atom. The van der Waals surface area contributed by atoms with E-state index in [4.69, 9.17) is 9.15 Å². The Balaban J connectivity index is 1.33. The summed E-state index contributed by atoms with van der Waals surface area (Å²) in [7, 11) is 0.